The van der Waals surface area contributed by atoms with E-state index in [1.165, 1.54) is 0 Å². The molecule has 0 radical (unpaired) electrons. The van der Waals surface area contributed by atoms with Crippen molar-refractivity contribution in [2.24, 2.45) is 0 Å². The maximum atomic E-state index is 2.40. The number of rotatable bonds is 4. The predicted molar refractivity (Wildman–Crippen MR) is 51.0 cm³/mol. The first-order valence-electron chi connectivity index (χ1n) is 4.24. The molecule has 0 saturated carbocycles. The zero-order chi connectivity index (χ0) is 7.33. The van der Waals surface area contributed by atoms with Crippen molar-refractivity contribution in [2.75, 3.05) is 0 Å². The second-order valence-electron chi connectivity index (χ2n) is 2.91. The molecule has 0 spiro atoms. The average molecular weight is 256 g/mol. The standard InChI is InChI=1S/4C2H5.H2O.Sb.H/c4*1-2;;;/h4*1H2,2H3;1H2;;/p-1. The van der Waals surface area contributed by atoms with Gasteiger partial charge in [0.05, 0.1) is 0 Å². The van der Waals surface area contributed by atoms with Gasteiger partial charge in [-0.1, -0.05) is 0 Å². The van der Waals surface area contributed by atoms with Gasteiger partial charge in [-0.3, -0.25) is 0 Å². The Kier molecular flexibility index (Phi) is 8.67. The van der Waals surface area contributed by atoms with Gasteiger partial charge >= 0.3 is 64.0 Å². The smallest absolute Gasteiger partial charge is 0.870 e. The Morgan fingerprint density at radius 3 is 0.900 bits per heavy atom. The molecular weight excluding hydrogens is 234 g/mol. The van der Waals surface area contributed by atoms with E-state index in [0.29, 0.717) is 0 Å². The van der Waals surface area contributed by atoms with Gasteiger partial charge in [-0.25, -0.2) is 0 Å². The van der Waals surface area contributed by atoms with E-state index in [0.717, 1.165) is 0 Å². The molecule has 0 aliphatic rings. The van der Waals surface area contributed by atoms with Gasteiger partial charge in [-0.15, -0.1) is 0 Å². The van der Waals surface area contributed by atoms with Crippen molar-refractivity contribution in [1.82, 2.24) is 0 Å². The molecule has 0 aliphatic heterocycles. The van der Waals surface area contributed by atoms with Crippen molar-refractivity contribution < 1.29 is 5.48 Å². The summed E-state index contributed by atoms with van der Waals surface area (Å²) < 4.78 is 6.22. The minimum Gasteiger partial charge on any atom is -0.870 e. The first-order chi connectivity index (χ1) is 4.24. The first kappa shape index (κ1) is 13.4. The van der Waals surface area contributed by atoms with Crippen LogP contribution < -0.4 is 0 Å². The Bertz CT molecular complexity index is 52.1. The third-order valence-corrected chi connectivity index (χ3v) is 20.1. The summed E-state index contributed by atoms with van der Waals surface area (Å²) in [4.78, 5) is 0. The Morgan fingerprint density at radius 1 is 0.700 bits per heavy atom. The van der Waals surface area contributed by atoms with Crippen LogP contribution in [0.5, 0.6) is 0 Å². The van der Waals surface area contributed by atoms with E-state index in [1.807, 2.05) is 0 Å². The molecule has 0 aromatic rings. The topological polar surface area (TPSA) is 30.0 Å². The van der Waals surface area contributed by atoms with Crippen LogP contribution >= 0.6 is 0 Å². The molecule has 0 unspecified atom stereocenters. The summed E-state index contributed by atoms with van der Waals surface area (Å²) in [6.07, 6.45) is 0. The van der Waals surface area contributed by atoms with E-state index in [1.54, 1.807) is 17.5 Å². The molecule has 0 aromatic heterocycles. The second kappa shape index (κ2) is 6.49. The van der Waals surface area contributed by atoms with Crippen LogP contribution in [0.4, 0.5) is 0 Å². The van der Waals surface area contributed by atoms with Gasteiger partial charge in [0, 0.05) is 0 Å². The fraction of sp³-hybridized carbons (Fsp3) is 1.00. The Morgan fingerprint density at radius 2 is 0.900 bits per heavy atom. The monoisotopic (exact) mass is 255 g/mol. The summed E-state index contributed by atoms with van der Waals surface area (Å²) in [7, 11) is 0. The molecule has 0 bridgehead atoms. The molecular formula is C8H22OSb-. The van der Waals surface area contributed by atoms with Gasteiger partial charge in [0.25, 0.3) is 0 Å². The van der Waals surface area contributed by atoms with Gasteiger partial charge < -0.3 is 5.48 Å². The minimum absolute atomic E-state index is 0. The van der Waals surface area contributed by atoms with E-state index < -0.39 is 18.8 Å². The summed E-state index contributed by atoms with van der Waals surface area (Å²) in [5.74, 6) is 0. The molecule has 0 aromatic carbocycles. The summed E-state index contributed by atoms with van der Waals surface area (Å²) in [5.41, 5.74) is 0. The molecule has 0 rings (SSSR count). The van der Waals surface area contributed by atoms with Crippen molar-refractivity contribution in [1.29, 1.82) is 0 Å². The van der Waals surface area contributed by atoms with E-state index in [4.69, 9.17) is 0 Å². The normalized spacial score (nSPS) is 12.4. The fourth-order valence-electron chi connectivity index (χ4n) is 1.50. The van der Waals surface area contributed by atoms with Gasteiger partial charge in [0.15, 0.2) is 0 Å². The third-order valence-electron chi connectivity index (χ3n) is 3.00. The maximum Gasteiger partial charge on any atom is -0.870 e. The SMILES string of the molecule is C[CH2][SbH]([CH2]C)([CH2]C)[CH2]C.[OH-]. The van der Waals surface area contributed by atoms with E-state index in [2.05, 4.69) is 27.7 Å². The minimum atomic E-state index is -1.39. The molecule has 0 amide bonds. The fourth-order valence-corrected chi connectivity index (χ4v) is 10.1. The van der Waals surface area contributed by atoms with E-state index >= 15 is 0 Å². The van der Waals surface area contributed by atoms with Crippen molar-refractivity contribution >= 4 is 18.8 Å². The largest absolute Gasteiger partial charge is 0.870 e. The van der Waals surface area contributed by atoms with E-state index in [9.17, 15) is 0 Å². The first-order valence-corrected chi connectivity index (χ1v) is 12.3. The van der Waals surface area contributed by atoms with Crippen molar-refractivity contribution in [2.45, 2.75) is 45.2 Å². The molecule has 0 saturated heterocycles. The Balaban J connectivity index is 0. The molecule has 0 atom stereocenters. The average Bonchev–Trinajstić information content (AvgIpc) is 1.95. The molecule has 66 valence electrons. The zero-order valence-corrected chi connectivity index (χ0v) is 10.6. The van der Waals surface area contributed by atoms with Gasteiger partial charge in [0.1, 0.15) is 0 Å². The maximum absolute atomic E-state index is 2.40. The molecule has 10 heavy (non-hydrogen) atoms. The summed E-state index contributed by atoms with van der Waals surface area (Å²) in [6.45, 7) is 9.58. The van der Waals surface area contributed by atoms with Crippen LogP contribution in [0.15, 0.2) is 0 Å². The molecule has 2 heteroatoms. The van der Waals surface area contributed by atoms with Gasteiger partial charge in [0.2, 0.25) is 0 Å². The zero-order valence-electron chi connectivity index (χ0n) is 7.78. The Hall–Kier alpha value is 0.778. The van der Waals surface area contributed by atoms with Crippen LogP contribution in [0, 0.1) is 0 Å². The molecule has 0 heterocycles. The summed E-state index contributed by atoms with van der Waals surface area (Å²) >= 11 is -1.39. The van der Waals surface area contributed by atoms with Crippen LogP contribution in [0.3, 0.4) is 0 Å². The number of hydrogen-bond donors (Lipinski definition) is 0. The van der Waals surface area contributed by atoms with Crippen LogP contribution in [0.1, 0.15) is 27.7 Å². The molecule has 0 aliphatic carbocycles. The van der Waals surface area contributed by atoms with Gasteiger partial charge in [-0.05, 0) is 0 Å². The van der Waals surface area contributed by atoms with E-state index in [-0.39, 0.29) is 5.48 Å². The molecule has 1 N–H and O–H groups in total. The predicted octanol–water partition coefficient (Wildman–Crippen LogP) is 3.07. The van der Waals surface area contributed by atoms with Crippen LogP contribution in [-0.4, -0.2) is 24.3 Å². The van der Waals surface area contributed by atoms with Crippen molar-refractivity contribution in [3.05, 3.63) is 0 Å². The quantitative estimate of drug-likeness (QED) is 0.711. The van der Waals surface area contributed by atoms with Crippen LogP contribution in [0.2, 0.25) is 17.5 Å². The summed E-state index contributed by atoms with van der Waals surface area (Å²) in [6, 6.07) is 0. The van der Waals surface area contributed by atoms with Crippen LogP contribution in [0.25, 0.3) is 0 Å². The summed E-state index contributed by atoms with van der Waals surface area (Å²) in [5, 5.41) is 0. The van der Waals surface area contributed by atoms with Crippen molar-refractivity contribution in [3.8, 4) is 0 Å². The van der Waals surface area contributed by atoms with Crippen LogP contribution in [-0.2, 0) is 0 Å². The third kappa shape index (κ3) is 3.25. The van der Waals surface area contributed by atoms with Gasteiger partial charge in [-0.2, -0.15) is 0 Å². The Labute approximate surface area is 69.5 Å². The number of hydrogen-bond acceptors (Lipinski definition) is 1. The molecule has 1 nitrogen and oxygen atoms in total. The molecule has 0 fully saturated rings. The van der Waals surface area contributed by atoms with Crippen molar-refractivity contribution in [3.63, 3.8) is 0 Å². The second-order valence-corrected chi connectivity index (χ2v) is 19.5.